The Balaban J connectivity index is 2.16. The number of alkyl halides is 1. The first kappa shape index (κ1) is 12.1. The van der Waals surface area contributed by atoms with Crippen LogP contribution in [-0.2, 0) is 0 Å². The molecule has 2 heteroatoms. The molecule has 0 N–H and O–H groups in total. The van der Waals surface area contributed by atoms with Crippen molar-refractivity contribution in [1.29, 1.82) is 0 Å². The van der Waals surface area contributed by atoms with E-state index in [1.807, 2.05) is 0 Å². The zero-order valence-corrected chi connectivity index (χ0v) is 12.0. The van der Waals surface area contributed by atoms with Crippen molar-refractivity contribution in [3.8, 4) is 0 Å². The molecule has 1 saturated heterocycles. The van der Waals surface area contributed by atoms with Crippen LogP contribution in [-0.4, -0.2) is 19.2 Å². The van der Waals surface area contributed by atoms with Crippen molar-refractivity contribution in [2.45, 2.75) is 60.9 Å². The van der Waals surface area contributed by atoms with Gasteiger partial charge in [-0.15, -0.1) is 0 Å². The Morgan fingerprint density at radius 1 is 1.23 bits per heavy atom. The van der Waals surface area contributed by atoms with Crippen LogP contribution in [0.4, 0.5) is 0 Å². The third-order valence-electron chi connectivity index (χ3n) is 2.84. The van der Waals surface area contributed by atoms with Gasteiger partial charge in [-0.3, -0.25) is 0 Å². The summed E-state index contributed by atoms with van der Waals surface area (Å²) in [5.74, 6) is 0. The van der Waals surface area contributed by atoms with Gasteiger partial charge >= 0.3 is 96.1 Å². The van der Waals surface area contributed by atoms with E-state index in [1.54, 1.807) is 23.5 Å². The van der Waals surface area contributed by atoms with Crippen LogP contribution >= 0.6 is 15.9 Å². The molecule has 0 aromatic carbocycles. The molecule has 0 aliphatic carbocycles. The molecule has 1 aliphatic heterocycles. The van der Waals surface area contributed by atoms with Crippen molar-refractivity contribution < 1.29 is 0 Å². The molecule has 13 heavy (non-hydrogen) atoms. The summed E-state index contributed by atoms with van der Waals surface area (Å²) in [6, 6.07) is 0. The SMILES string of the molecule is CCCCCC(CBr)[Se+]1CCCC1. The minimum absolute atomic E-state index is 0.152. The van der Waals surface area contributed by atoms with E-state index in [-0.39, 0.29) is 13.9 Å². The van der Waals surface area contributed by atoms with Crippen LogP contribution in [0.1, 0.15) is 45.4 Å². The van der Waals surface area contributed by atoms with Crippen LogP contribution in [0.15, 0.2) is 0 Å². The van der Waals surface area contributed by atoms with Crippen molar-refractivity contribution in [3.05, 3.63) is 0 Å². The van der Waals surface area contributed by atoms with E-state index in [9.17, 15) is 0 Å². The molecule has 0 saturated carbocycles. The van der Waals surface area contributed by atoms with E-state index < -0.39 is 0 Å². The summed E-state index contributed by atoms with van der Waals surface area (Å²) in [5, 5.41) is 4.55. The van der Waals surface area contributed by atoms with Crippen molar-refractivity contribution >= 4 is 29.8 Å². The number of unbranched alkanes of at least 4 members (excludes halogenated alkanes) is 2. The molecule has 1 heterocycles. The van der Waals surface area contributed by atoms with Crippen LogP contribution in [0.2, 0.25) is 15.5 Å². The van der Waals surface area contributed by atoms with E-state index >= 15 is 0 Å². The third kappa shape index (κ3) is 4.36. The maximum absolute atomic E-state index is 3.71. The minimum atomic E-state index is -0.152. The van der Waals surface area contributed by atoms with Gasteiger partial charge in [-0.05, 0) is 0 Å². The van der Waals surface area contributed by atoms with Gasteiger partial charge in [0.1, 0.15) is 0 Å². The molecule has 1 aliphatic rings. The Hall–Kier alpha value is 0.999. The summed E-state index contributed by atoms with van der Waals surface area (Å²) >= 11 is 3.56. The van der Waals surface area contributed by atoms with Gasteiger partial charge in [-0.2, -0.15) is 0 Å². The molecule has 1 fully saturated rings. The van der Waals surface area contributed by atoms with Gasteiger partial charge in [-0.1, -0.05) is 0 Å². The van der Waals surface area contributed by atoms with E-state index in [2.05, 4.69) is 22.9 Å². The van der Waals surface area contributed by atoms with E-state index in [1.165, 1.54) is 31.0 Å². The molecule has 0 radical (unpaired) electrons. The van der Waals surface area contributed by atoms with Gasteiger partial charge in [0.25, 0.3) is 0 Å². The fraction of sp³-hybridized carbons (Fsp3) is 1.00. The standard InChI is InChI=1S/C11H22BrSe/c1-2-3-4-7-11(10-12)13-8-5-6-9-13/h11H,2-10H2,1H3/q+1. The average Bonchev–Trinajstić information content (AvgIpc) is 2.65. The second kappa shape index (κ2) is 7.31. The predicted molar refractivity (Wildman–Crippen MR) is 66.3 cm³/mol. The fourth-order valence-electron chi connectivity index (χ4n) is 1.97. The molecule has 0 amide bonds. The van der Waals surface area contributed by atoms with Crippen LogP contribution in [0.5, 0.6) is 0 Å². The second-order valence-electron chi connectivity index (χ2n) is 3.92. The number of rotatable bonds is 6. The molecule has 0 bridgehead atoms. The first-order valence-electron chi connectivity index (χ1n) is 5.60. The normalized spacial score (nSPS) is 20.8. The summed E-state index contributed by atoms with van der Waals surface area (Å²) in [4.78, 5) is 1.11. The van der Waals surface area contributed by atoms with Crippen molar-refractivity contribution in [2.75, 3.05) is 5.33 Å². The number of hydrogen-bond acceptors (Lipinski definition) is 0. The Bertz CT molecular complexity index is 121. The van der Waals surface area contributed by atoms with Crippen molar-refractivity contribution in [1.82, 2.24) is 0 Å². The Morgan fingerprint density at radius 2 is 1.92 bits per heavy atom. The first-order chi connectivity index (χ1) is 6.38. The molecule has 0 nitrogen and oxygen atoms in total. The topological polar surface area (TPSA) is 0 Å². The third-order valence-corrected chi connectivity index (χ3v) is 10.8. The summed E-state index contributed by atoms with van der Waals surface area (Å²) in [5.41, 5.74) is 0. The van der Waals surface area contributed by atoms with Gasteiger partial charge < -0.3 is 0 Å². The monoisotopic (exact) mass is 313 g/mol. The summed E-state index contributed by atoms with van der Waals surface area (Å²) < 4.78 is 0. The van der Waals surface area contributed by atoms with Gasteiger partial charge in [-0.25, -0.2) is 0 Å². The van der Waals surface area contributed by atoms with Crippen LogP contribution in [0.3, 0.4) is 0 Å². The van der Waals surface area contributed by atoms with Gasteiger partial charge in [0.15, 0.2) is 0 Å². The molecular weight excluding hydrogens is 291 g/mol. The molecule has 0 aromatic heterocycles. The molecule has 0 spiro atoms. The van der Waals surface area contributed by atoms with E-state index in [0.29, 0.717) is 0 Å². The number of halogens is 1. The molecular formula is C11H22BrSe+. The molecule has 78 valence electrons. The molecule has 1 atom stereocenters. The predicted octanol–water partition coefficient (Wildman–Crippen LogP) is 4.62. The maximum atomic E-state index is 3.71. The van der Waals surface area contributed by atoms with Crippen LogP contribution in [0, 0.1) is 0 Å². The second-order valence-corrected chi connectivity index (χ2v) is 9.94. The molecule has 0 aromatic rings. The molecule has 1 rings (SSSR count). The summed E-state index contributed by atoms with van der Waals surface area (Å²) in [6.07, 6.45) is 8.91. The quantitative estimate of drug-likeness (QED) is 0.381. The van der Waals surface area contributed by atoms with Gasteiger partial charge in [0.05, 0.1) is 0 Å². The zero-order chi connectivity index (χ0) is 9.52. The van der Waals surface area contributed by atoms with Crippen LogP contribution < -0.4 is 0 Å². The first-order valence-corrected chi connectivity index (χ1v) is 10.1. The van der Waals surface area contributed by atoms with Gasteiger partial charge in [0, 0.05) is 0 Å². The summed E-state index contributed by atoms with van der Waals surface area (Å²) in [6.45, 7) is 2.30. The Morgan fingerprint density at radius 3 is 2.46 bits per heavy atom. The van der Waals surface area contributed by atoms with Crippen molar-refractivity contribution in [3.63, 3.8) is 0 Å². The fourth-order valence-corrected chi connectivity index (χ4v) is 9.89. The van der Waals surface area contributed by atoms with Crippen molar-refractivity contribution in [2.24, 2.45) is 0 Å². The van der Waals surface area contributed by atoms with Crippen LogP contribution in [0.25, 0.3) is 0 Å². The number of hydrogen-bond donors (Lipinski definition) is 0. The average molecular weight is 313 g/mol. The Labute approximate surface area is 95.9 Å². The van der Waals surface area contributed by atoms with E-state index in [0.717, 1.165) is 4.82 Å². The van der Waals surface area contributed by atoms with Gasteiger partial charge in [0.2, 0.25) is 0 Å². The Kier molecular flexibility index (Phi) is 6.79. The summed E-state index contributed by atoms with van der Waals surface area (Å²) in [7, 11) is 0. The zero-order valence-electron chi connectivity index (χ0n) is 8.73. The van der Waals surface area contributed by atoms with E-state index in [4.69, 9.17) is 0 Å². The molecule has 1 unspecified atom stereocenters.